The second-order valence-corrected chi connectivity index (χ2v) is 6.87. The first-order chi connectivity index (χ1) is 14.3. The van der Waals surface area contributed by atoms with Gasteiger partial charge in [0.1, 0.15) is 11.6 Å². The van der Waals surface area contributed by atoms with Crippen LogP contribution in [0.25, 0.3) is 0 Å². The van der Waals surface area contributed by atoms with E-state index in [0.29, 0.717) is 29.2 Å². The molecule has 30 heavy (non-hydrogen) atoms. The zero-order valence-corrected chi connectivity index (χ0v) is 17.4. The number of aryl methyl sites for hydroxylation is 2. The Labute approximate surface area is 177 Å². The van der Waals surface area contributed by atoms with Crippen LogP contribution in [-0.4, -0.2) is 28.7 Å². The van der Waals surface area contributed by atoms with Gasteiger partial charge in [0.2, 0.25) is 0 Å². The summed E-state index contributed by atoms with van der Waals surface area (Å²) >= 11 is 5.73. The van der Waals surface area contributed by atoms with E-state index >= 15 is 0 Å². The molecule has 0 aliphatic carbocycles. The van der Waals surface area contributed by atoms with Gasteiger partial charge in [-0.1, -0.05) is 11.6 Å². The third kappa shape index (κ3) is 4.60. The summed E-state index contributed by atoms with van der Waals surface area (Å²) in [6.45, 7) is 4.32. The summed E-state index contributed by atoms with van der Waals surface area (Å²) in [5, 5.41) is 9.82. The lowest BCUT2D eigenvalue weighted by molar-refractivity contribution is 0.101. The Kier molecular flexibility index (Phi) is 6.37. The van der Waals surface area contributed by atoms with Gasteiger partial charge in [-0.2, -0.15) is 5.10 Å². The van der Waals surface area contributed by atoms with E-state index in [4.69, 9.17) is 16.3 Å². The van der Waals surface area contributed by atoms with Gasteiger partial charge in [0.25, 0.3) is 11.8 Å². The third-order valence-corrected chi connectivity index (χ3v) is 4.63. The normalized spacial score (nSPS) is 10.6. The Balaban J connectivity index is 1.83. The summed E-state index contributed by atoms with van der Waals surface area (Å²) in [6, 6.07) is 8.53. The summed E-state index contributed by atoms with van der Waals surface area (Å²) in [7, 11) is 1.44. The summed E-state index contributed by atoms with van der Waals surface area (Å²) < 4.78 is 21.0. The predicted octanol–water partition coefficient (Wildman–Crippen LogP) is 4.52. The van der Waals surface area contributed by atoms with Crippen molar-refractivity contribution in [3.8, 4) is 5.75 Å². The number of rotatable bonds is 6. The third-order valence-electron chi connectivity index (χ3n) is 4.40. The highest BCUT2D eigenvalue weighted by molar-refractivity contribution is 6.30. The second-order valence-electron chi connectivity index (χ2n) is 6.43. The van der Waals surface area contributed by atoms with Crippen molar-refractivity contribution in [1.29, 1.82) is 0 Å². The molecule has 0 radical (unpaired) electrons. The fourth-order valence-corrected chi connectivity index (χ4v) is 3.01. The van der Waals surface area contributed by atoms with Gasteiger partial charge in [0, 0.05) is 23.5 Å². The average Bonchev–Trinajstić information content (AvgIpc) is 3.09. The highest BCUT2D eigenvalue weighted by Crippen LogP contribution is 2.29. The Bertz CT molecular complexity index is 1110. The van der Waals surface area contributed by atoms with Crippen LogP contribution < -0.4 is 15.4 Å². The zero-order valence-electron chi connectivity index (χ0n) is 16.6. The Hall–Kier alpha value is -3.39. The molecule has 2 aromatic carbocycles. The van der Waals surface area contributed by atoms with E-state index in [-0.39, 0.29) is 22.2 Å². The van der Waals surface area contributed by atoms with Crippen molar-refractivity contribution in [3.05, 3.63) is 70.3 Å². The second kappa shape index (κ2) is 8.96. The van der Waals surface area contributed by atoms with Gasteiger partial charge in [0.15, 0.2) is 0 Å². The number of ether oxygens (including phenoxy) is 1. The number of nitrogens with zero attached hydrogens (tertiary/aromatic N) is 2. The molecule has 0 spiro atoms. The molecule has 0 atom stereocenters. The first kappa shape index (κ1) is 21.3. The Morgan fingerprint density at radius 2 is 1.87 bits per heavy atom. The van der Waals surface area contributed by atoms with Gasteiger partial charge in [-0.25, -0.2) is 4.39 Å². The van der Waals surface area contributed by atoms with E-state index < -0.39 is 11.7 Å². The van der Waals surface area contributed by atoms with E-state index in [1.165, 1.54) is 25.3 Å². The number of anilines is 2. The van der Waals surface area contributed by atoms with E-state index in [1.807, 2.05) is 6.92 Å². The number of halogens is 2. The summed E-state index contributed by atoms with van der Waals surface area (Å²) in [4.78, 5) is 25.1. The van der Waals surface area contributed by atoms with Crippen molar-refractivity contribution in [3.63, 3.8) is 0 Å². The van der Waals surface area contributed by atoms with Gasteiger partial charge in [0.05, 0.1) is 29.6 Å². The number of methoxy groups -OCH3 is 1. The fraction of sp³-hybridized carbons (Fsp3) is 0.190. The lowest BCUT2D eigenvalue weighted by atomic mass is 10.1. The Morgan fingerprint density at radius 1 is 1.13 bits per heavy atom. The van der Waals surface area contributed by atoms with Crippen molar-refractivity contribution in [2.75, 3.05) is 17.7 Å². The summed E-state index contributed by atoms with van der Waals surface area (Å²) in [5.41, 5.74) is 1.58. The van der Waals surface area contributed by atoms with E-state index in [0.717, 1.165) is 6.07 Å². The fourth-order valence-electron chi connectivity index (χ4n) is 2.85. The van der Waals surface area contributed by atoms with E-state index in [1.54, 1.807) is 29.9 Å². The number of aromatic nitrogens is 2. The van der Waals surface area contributed by atoms with Crippen LogP contribution in [0.5, 0.6) is 5.75 Å². The molecule has 3 aromatic rings. The molecule has 1 heterocycles. The average molecular weight is 431 g/mol. The number of amides is 2. The van der Waals surface area contributed by atoms with Crippen LogP contribution in [0.3, 0.4) is 0 Å². The van der Waals surface area contributed by atoms with Crippen LogP contribution in [0, 0.1) is 12.7 Å². The molecule has 3 rings (SSSR count). The molecule has 0 bridgehead atoms. The zero-order chi connectivity index (χ0) is 21.8. The number of carbonyl (C=O) groups is 2. The molecule has 0 aliphatic rings. The maximum Gasteiger partial charge on any atom is 0.259 e. The SMILES string of the molecule is CCn1cc(C(=O)Nc2ccc(OC)c(NC(=O)c3ccc(Cl)cc3F)c2)c(C)n1. The molecule has 1 aromatic heterocycles. The van der Waals surface area contributed by atoms with Crippen LogP contribution in [0.4, 0.5) is 15.8 Å². The van der Waals surface area contributed by atoms with Gasteiger partial charge >= 0.3 is 0 Å². The highest BCUT2D eigenvalue weighted by atomic mass is 35.5. The topological polar surface area (TPSA) is 85.3 Å². The van der Waals surface area contributed by atoms with Crippen molar-refractivity contribution in [1.82, 2.24) is 9.78 Å². The van der Waals surface area contributed by atoms with Crippen LogP contribution in [0.15, 0.2) is 42.6 Å². The number of hydrogen-bond acceptors (Lipinski definition) is 4. The molecule has 156 valence electrons. The molecule has 2 N–H and O–H groups in total. The molecule has 0 saturated carbocycles. The van der Waals surface area contributed by atoms with Gasteiger partial charge < -0.3 is 15.4 Å². The largest absolute Gasteiger partial charge is 0.495 e. The van der Waals surface area contributed by atoms with Crippen LogP contribution in [0.2, 0.25) is 5.02 Å². The minimum atomic E-state index is -0.744. The van der Waals surface area contributed by atoms with Gasteiger partial charge in [-0.3, -0.25) is 14.3 Å². The molecule has 2 amide bonds. The molecule has 7 nitrogen and oxygen atoms in total. The molecule has 9 heteroatoms. The number of carbonyl (C=O) groups excluding carboxylic acids is 2. The van der Waals surface area contributed by atoms with Crippen LogP contribution in [0.1, 0.15) is 33.3 Å². The maximum absolute atomic E-state index is 14.1. The molecular formula is C21H20ClFN4O3. The lowest BCUT2D eigenvalue weighted by Crippen LogP contribution is -2.16. The van der Waals surface area contributed by atoms with Crippen molar-refractivity contribution < 1.29 is 18.7 Å². The summed E-state index contributed by atoms with van der Waals surface area (Å²) in [6.07, 6.45) is 1.67. The minimum Gasteiger partial charge on any atom is -0.495 e. The van der Waals surface area contributed by atoms with E-state index in [9.17, 15) is 14.0 Å². The number of hydrogen-bond donors (Lipinski definition) is 2. The van der Waals surface area contributed by atoms with Crippen LogP contribution >= 0.6 is 11.6 Å². The standard InChI is InChI=1S/C21H20ClFN4O3/c1-4-27-11-16(12(2)26-27)21(29)24-14-6-8-19(30-3)18(10-14)25-20(28)15-7-5-13(22)9-17(15)23/h5-11H,4H2,1-3H3,(H,24,29)(H,25,28). The first-order valence-corrected chi connectivity index (χ1v) is 9.50. The number of nitrogens with one attached hydrogen (secondary N) is 2. The maximum atomic E-state index is 14.1. The summed E-state index contributed by atoms with van der Waals surface area (Å²) in [5.74, 6) is -1.40. The van der Waals surface area contributed by atoms with Gasteiger partial charge in [-0.05, 0) is 50.2 Å². The quantitative estimate of drug-likeness (QED) is 0.602. The Morgan fingerprint density at radius 3 is 2.50 bits per heavy atom. The van der Waals surface area contributed by atoms with Crippen molar-refractivity contribution in [2.24, 2.45) is 0 Å². The van der Waals surface area contributed by atoms with Crippen molar-refractivity contribution >= 4 is 34.8 Å². The highest BCUT2D eigenvalue weighted by Gasteiger charge is 2.17. The molecule has 0 saturated heterocycles. The molecular weight excluding hydrogens is 411 g/mol. The van der Waals surface area contributed by atoms with Crippen LogP contribution in [-0.2, 0) is 6.54 Å². The smallest absolute Gasteiger partial charge is 0.259 e. The monoisotopic (exact) mass is 430 g/mol. The molecule has 0 fully saturated rings. The minimum absolute atomic E-state index is 0.168. The van der Waals surface area contributed by atoms with E-state index in [2.05, 4.69) is 15.7 Å². The first-order valence-electron chi connectivity index (χ1n) is 9.12. The lowest BCUT2D eigenvalue weighted by Gasteiger charge is -2.13. The predicted molar refractivity (Wildman–Crippen MR) is 113 cm³/mol. The molecule has 0 unspecified atom stereocenters. The molecule has 0 aliphatic heterocycles. The number of benzene rings is 2. The van der Waals surface area contributed by atoms with Gasteiger partial charge in [-0.15, -0.1) is 0 Å². The van der Waals surface area contributed by atoms with Crippen molar-refractivity contribution in [2.45, 2.75) is 20.4 Å².